The van der Waals surface area contributed by atoms with Crippen LogP contribution in [0.25, 0.3) is 0 Å². The normalized spacial score (nSPS) is 16.9. The standard InChI is InChI=1S/C22H31ClF3N3O5S/c1-14(2)11-16(21(31)29-9-5-4-6-10-29)17(20(30)27-32)13-28(3)35(33,34)19-12-15(22(24,25)26)7-8-18(19)23/h7-8,12,14,16-17,32H,4-6,9-11,13H2,1-3H3,(H,27,30)/t16-,17+/m1/s1. The Labute approximate surface area is 208 Å². The molecule has 0 bridgehead atoms. The Bertz CT molecular complexity index is 1010. The highest BCUT2D eigenvalue weighted by Gasteiger charge is 2.40. The van der Waals surface area contributed by atoms with Crippen molar-refractivity contribution in [2.45, 2.75) is 50.6 Å². The van der Waals surface area contributed by atoms with Crippen molar-refractivity contribution in [3.05, 3.63) is 28.8 Å². The maximum atomic E-state index is 13.4. The summed E-state index contributed by atoms with van der Waals surface area (Å²) in [5.41, 5.74) is 0.310. The number of carbonyl (C=O) groups is 2. The fourth-order valence-electron chi connectivity index (χ4n) is 4.19. The summed E-state index contributed by atoms with van der Waals surface area (Å²) in [5.74, 6) is -3.56. The number of benzene rings is 1. The molecule has 2 rings (SSSR count). The van der Waals surface area contributed by atoms with Crippen LogP contribution in [0.4, 0.5) is 13.2 Å². The Morgan fingerprint density at radius 2 is 1.77 bits per heavy atom. The van der Waals surface area contributed by atoms with Crippen molar-refractivity contribution in [1.82, 2.24) is 14.7 Å². The van der Waals surface area contributed by atoms with Gasteiger partial charge in [-0.3, -0.25) is 14.8 Å². The van der Waals surface area contributed by atoms with E-state index in [2.05, 4.69) is 0 Å². The van der Waals surface area contributed by atoms with Crippen LogP contribution in [0, 0.1) is 17.8 Å². The molecule has 1 aromatic carbocycles. The third-order valence-corrected chi connectivity index (χ3v) is 8.35. The lowest BCUT2D eigenvalue weighted by Gasteiger charge is -2.35. The number of piperidine rings is 1. The number of carbonyl (C=O) groups excluding carboxylic acids is 2. The zero-order valence-corrected chi connectivity index (χ0v) is 21.4. The van der Waals surface area contributed by atoms with Crippen LogP contribution in [0.5, 0.6) is 0 Å². The van der Waals surface area contributed by atoms with Crippen LogP contribution in [-0.4, -0.2) is 61.3 Å². The molecule has 0 aliphatic carbocycles. The third kappa shape index (κ3) is 7.31. The molecule has 2 atom stereocenters. The van der Waals surface area contributed by atoms with E-state index in [0.29, 0.717) is 29.5 Å². The van der Waals surface area contributed by atoms with Crippen LogP contribution in [0.2, 0.25) is 5.02 Å². The van der Waals surface area contributed by atoms with Crippen molar-refractivity contribution in [2.24, 2.45) is 17.8 Å². The molecule has 2 amide bonds. The lowest BCUT2D eigenvalue weighted by Crippen LogP contribution is -2.49. The molecule has 2 N–H and O–H groups in total. The van der Waals surface area contributed by atoms with Gasteiger partial charge in [0.2, 0.25) is 21.8 Å². The monoisotopic (exact) mass is 541 g/mol. The molecule has 0 radical (unpaired) electrons. The van der Waals surface area contributed by atoms with Crippen LogP contribution in [0.15, 0.2) is 23.1 Å². The first-order valence-electron chi connectivity index (χ1n) is 11.3. The van der Waals surface area contributed by atoms with Gasteiger partial charge in [0.1, 0.15) is 4.90 Å². The maximum absolute atomic E-state index is 13.4. The number of alkyl halides is 3. The molecular weight excluding hydrogens is 511 g/mol. The average Bonchev–Trinajstić information content (AvgIpc) is 2.79. The largest absolute Gasteiger partial charge is 0.416 e. The van der Waals surface area contributed by atoms with Crippen molar-refractivity contribution in [2.75, 3.05) is 26.7 Å². The molecule has 1 aromatic rings. The third-order valence-electron chi connectivity index (χ3n) is 6.04. The van der Waals surface area contributed by atoms with Gasteiger partial charge < -0.3 is 4.90 Å². The zero-order chi connectivity index (χ0) is 26.6. The van der Waals surface area contributed by atoms with Crippen molar-refractivity contribution >= 4 is 33.4 Å². The molecule has 1 aliphatic heterocycles. The van der Waals surface area contributed by atoms with Crippen LogP contribution < -0.4 is 5.48 Å². The molecule has 0 unspecified atom stereocenters. The Kier molecular flexibility index (Phi) is 9.97. The van der Waals surface area contributed by atoms with E-state index in [-0.39, 0.29) is 18.2 Å². The number of amides is 2. The number of nitrogens with one attached hydrogen (secondary N) is 1. The lowest BCUT2D eigenvalue weighted by atomic mass is 9.83. The Morgan fingerprint density at radius 1 is 1.17 bits per heavy atom. The maximum Gasteiger partial charge on any atom is 0.416 e. The number of hydroxylamine groups is 1. The summed E-state index contributed by atoms with van der Waals surface area (Å²) in [4.78, 5) is 26.9. The smallest absolute Gasteiger partial charge is 0.342 e. The molecule has 1 saturated heterocycles. The van der Waals surface area contributed by atoms with E-state index in [1.807, 2.05) is 13.8 Å². The minimum atomic E-state index is -4.80. The first kappa shape index (κ1) is 29.3. The van der Waals surface area contributed by atoms with E-state index < -0.39 is 56.0 Å². The second-order valence-electron chi connectivity index (χ2n) is 9.13. The number of nitrogens with zero attached hydrogens (tertiary/aromatic N) is 2. The number of likely N-dealkylation sites (tertiary alicyclic amines) is 1. The summed E-state index contributed by atoms with van der Waals surface area (Å²) >= 11 is 5.93. The van der Waals surface area contributed by atoms with Crippen molar-refractivity contribution in [3.63, 3.8) is 0 Å². The Balaban J connectivity index is 2.43. The number of hydrogen-bond donors (Lipinski definition) is 2. The van der Waals surface area contributed by atoms with Gasteiger partial charge in [-0.1, -0.05) is 25.4 Å². The quantitative estimate of drug-likeness (QED) is 0.365. The second kappa shape index (κ2) is 11.9. The summed E-state index contributed by atoms with van der Waals surface area (Å²) in [6, 6.07) is 1.93. The van der Waals surface area contributed by atoms with Crippen molar-refractivity contribution in [1.29, 1.82) is 0 Å². The summed E-state index contributed by atoms with van der Waals surface area (Å²) < 4.78 is 66.6. The van der Waals surface area contributed by atoms with Gasteiger partial charge in [0, 0.05) is 26.7 Å². The molecule has 0 saturated carbocycles. The second-order valence-corrected chi connectivity index (χ2v) is 11.6. The topological polar surface area (TPSA) is 107 Å². The number of sulfonamides is 1. The van der Waals surface area contributed by atoms with Crippen LogP contribution in [-0.2, 0) is 25.8 Å². The van der Waals surface area contributed by atoms with Gasteiger partial charge in [-0.05, 0) is 49.8 Å². The number of hydrogen-bond acceptors (Lipinski definition) is 5. The van der Waals surface area contributed by atoms with Crippen LogP contribution >= 0.6 is 11.6 Å². The fourth-order valence-corrected chi connectivity index (χ4v) is 5.88. The van der Waals surface area contributed by atoms with Gasteiger partial charge in [-0.15, -0.1) is 0 Å². The number of rotatable bonds is 9. The molecule has 8 nitrogen and oxygen atoms in total. The van der Waals surface area contributed by atoms with Gasteiger partial charge in [-0.25, -0.2) is 18.2 Å². The molecule has 0 aromatic heterocycles. The van der Waals surface area contributed by atoms with E-state index in [9.17, 15) is 36.4 Å². The summed E-state index contributed by atoms with van der Waals surface area (Å²) in [6.45, 7) is 4.14. The first-order valence-corrected chi connectivity index (χ1v) is 13.1. The van der Waals surface area contributed by atoms with Crippen LogP contribution in [0.3, 0.4) is 0 Å². The molecule has 35 heavy (non-hydrogen) atoms. The van der Waals surface area contributed by atoms with E-state index in [0.717, 1.165) is 32.4 Å². The minimum absolute atomic E-state index is 0.0393. The predicted octanol–water partition coefficient (Wildman–Crippen LogP) is 3.78. The Hall–Kier alpha value is -1.89. The summed E-state index contributed by atoms with van der Waals surface area (Å²) in [5, 5.41) is 8.92. The van der Waals surface area contributed by atoms with Crippen LogP contribution in [0.1, 0.15) is 45.1 Å². The summed E-state index contributed by atoms with van der Waals surface area (Å²) in [7, 11) is -3.50. The van der Waals surface area contributed by atoms with E-state index in [1.165, 1.54) is 5.48 Å². The molecule has 198 valence electrons. The average molecular weight is 542 g/mol. The molecule has 13 heteroatoms. The highest BCUT2D eigenvalue weighted by atomic mass is 35.5. The SMILES string of the molecule is CC(C)C[C@@H](C(=O)N1CCCCC1)[C@H](CN(C)S(=O)(=O)c1cc(C(F)(F)F)ccc1Cl)C(=O)NO. The minimum Gasteiger partial charge on any atom is -0.342 e. The molecule has 1 fully saturated rings. The van der Waals surface area contributed by atoms with Gasteiger partial charge in [0.25, 0.3) is 0 Å². The van der Waals surface area contributed by atoms with Gasteiger partial charge in [0.05, 0.1) is 22.4 Å². The summed E-state index contributed by atoms with van der Waals surface area (Å²) in [6.07, 6.45) is -1.97. The van der Waals surface area contributed by atoms with Gasteiger partial charge in [0.15, 0.2) is 0 Å². The van der Waals surface area contributed by atoms with Crippen molar-refractivity contribution < 1.29 is 36.4 Å². The Morgan fingerprint density at radius 3 is 2.29 bits per heavy atom. The van der Waals surface area contributed by atoms with E-state index in [4.69, 9.17) is 11.6 Å². The van der Waals surface area contributed by atoms with Gasteiger partial charge >= 0.3 is 6.18 Å². The lowest BCUT2D eigenvalue weighted by molar-refractivity contribution is -0.146. The van der Waals surface area contributed by atoms with E-state index >= 15 is 0 Å². The highest BCUT2D eigenvalue weighted by Crippen LogP contribution is 2.35. The zero-order valence-electron chi connectivity index (χ0n) is 19.8. The molecule has 1 aliphatic rings. The van der Waals surface area contributed by atoms with E-state index in [1.54, 1.807) is 4.90 Å². The highest BCUT2D eigenvalue weighted by molar-refractivity contribution is 7.89. The fraction of sp³-hybridized carbons (Fsp3) is 0.636. The molecule has 0 spiro atoms. The van der Waals surface area contributed by atoms with Gasteiger partial charge in [-0.2, -0.15) is 13.2 Å². The first-order chi connectivity index (χ1) is 16.2. The predicted molar refractivity (Wildman–Crippen MR) is 123 cm³/mol. The molecule has 1 heterocycles. The van der Waals surface area contributed by atoms with Crippen molar-refractivity contribution in [3.8, 4) is 0 Å². The molecular formula is C22H31ClF3N3O5S. The number of halogens is 4.